The average molecular weight is 281 g/mol. The van der Waals surface area contributed by atoms with Gasteiger partial charge in [-0.05, 0) is 30.4 Å². The number of hydrogen-bond donors (Lipinski definition) is 1. The number of carbonyl (C=O) groups is 1. The highest BCUT2D eigenvalue weighted by Crippen LogP contribution is 2.35. The van der Waals surface area contributed by atoms with Crippen molar-refractivity contribution in [3.8, 4) is 0 Å². The molecule has 3 nitrogen and oxygen atoms in total. The third-order valence-electron chi connectivity index (χ3n) is 3.44. The number of halogens is 1. The van der Waals surface area contributed by atoms with Gasteiger partial charge in [-0.15, -0.1) is 0 Å². The van der Waals surface area contributed by atoms with Crippen molar-refractivity contribution in [1.29, 1.82) is 0 Å². The Hall–Kier alpha value is -1.22. The van der Waals surface area contributed by atoms with Crippen molar-refractivity contribution in [2.45, 2.75) is 32.7 Å². The summed E-state index contributed by atoms with van der Waals surface area (Å²) < 4.78 is 0. The Morgan fingerprint density at radius 1 is 1.47 bits per heavy atom. The molecule has 1 fully saturated rings. The van der Waals surface area contributed by atoms with Crippen LogP contribution >= 0.6 is 11.6 Å². The Labute approximate surface area is 119 Å². The molecule has 104 valence electrons. The van der Waals surface area contributed by atoms with Crippen LogP contribution in [0.2, 0.25) is 5.02 Å². The van der Waals surface area contributed by atoms with Crippen LogP contribution in [0.25, 0.3) is 0 Å². The number of carbonyl (C=O) groups excluding carboxylic acids is 1. The van der Waals surface area contributed by atoms with Crippen molar-refractivity contribution < 1.29 is 4.79 Å². The van der Waals surface area contributed by atoms with E-state index in [1.807, 2.05) is 29.2 Å². The molecule has 4 heteroatoms. The summed E-state index contributed by atoms with van der Waals surface area (Å²) in [6.07, 6.45) is 2.02. The maximum absolute atomic E-state index is 12.2. The van der Waals surface area contributed by atoms with Crippen molar-refractivity contribution in [3.05, 3.63) is 34.9 Å². The summed E-state index contributed by atoms with van der Waals surface area (Å²) in [6, 6.07) is 7.94. The third-order valence-corrected chi connectivity index (χ3v) is 3.78. The minimum absolute atomic E-state index is 0.0242. The van der Waals surface area contributed by atoms with E-state index in [0.29, 0.717) is 12.5 Å². The summed E-state index contributed by atoms with van der Waals surface area (Å²) in [5.41, 5.74) is 1.06. The van der Waals surface area contributed by atoms with Gasteiger partial charge in [0.1, 0.15) is 0 Å². The van der Waals surface area contributed by atoms with E-state index in [9.17, 15) is 4.79 Å². The van der Waals surface area contributed by atoms with E-state index in [-0.39, 0.29) is 12.1 Å². The first-order chi connectivity index (χ1) is 9.09. The fourth-order valence-electron chi connectivity index (χ4n) is 2.47. The summed E-state index contributed by atoms with van der Waals surface area (Å²) >= 11 is 6.24. The highest BCUT2D eigenvalue weighted by atomic mass is 35.5. The maximum Gasteiger partial charge on any atom is 0.317 e. The molecule has 0 unspecified atom stereocenters. The Kier molecular flexibility index (Phi) is 4.70. The number of benzene rings is 1. The molecular formula is C15H21ClN2O. The zero-order chi connectivity index (χ0) is 13.8. The Morgan fingerprint density at radius 2 is 2.21 bits per heavy atom. The highest BCUT2D eigenvalue weighted by Gasteiger charge is 2.30. The van der Waals surface area contributed by atoms with E-state index in [2.05, 4.69) is 19.2 Å². The normalized spacial score (nSPS) is 18.9. The predicted molar refractivity (Wildman–Crippen MR) is 78.4 cm³/mol. The van der Waals surface area contributed by atoms with Crippen LogP contribution in [-0.4, -0.2) is 24.0 Å². The molecule has 1 atom stereocenters. The van der Waals surface area contributed by atoms with E-state index >= 15 is 0 Å². The van der Waals surface area contributed by atoms with Gasteiger partial charge in [-0.1, -0.05) is 43.6 Å². The third kappa shape index (κ3) is 3.41. The smallest absolute Gasteiger partial charge is 0.317 e. The Morgan fingerprint density at radius 3 is 2.89 bits per heavy atom. The monoisotopic (exact) mass is 280 g/mol. The van der Waals surface area contributed by atoms with Gasteiger partial charge in [0.2, 0.25) is 0 Å². The second kappa shape index (κ2) is 6.29. The summed E-state index contributed by atoms with van der Waals surface area (Å²) in [5, 5.41) is 3.73. The molecule has 0 aromatic heterocycles. The van der Waals surface area contributed by atoms with Crippen LogP contribution in [0.15, 0.2) is 24.3 Å². The van der Waals surface area contributed by atoms with Crippen LogP contribution in [0.3, 0.4) is 0 Å². The zero-order valence-corrected chi connectivity index (χ0v) is 12.3. The number of amides is 2. The minimum Gasteiger partial charge on any atom is -0.338 e. The van der Waals surface area contributed by atoms with E-state index < -0.39 is 0 Å². The number of urea groups is 1. The summed E-state index contributed by atoms with van der Waals surface area (Å²) in [7, 11) is 0. The van der Waals surface area contributed by atoms with Gasteiger partial charge in [0.25, 0.3) is 0 Å². The van der Waals surface area contributed by atoms with Gasteiger partial charge in [-0.25, -0.2) is 4.79 Å². The molecule has 1 aliphatic heterocycles. The molecule has 0 bridgehead atoms. The Bertz CT molecular complexity index is 448. The second-order valence-electron chi connectivity index (χ2n) is 5.45. The van der Waals surface area contributed by atoms with Crippen molar-refractivity contribution in [2.75, 3.05) is 13.1 Å². The number of hydrogen-bond acceptors (Lipinski definition) is 1. The zero-order valence-electron chi connectivity index (χ0n) is 11.5. The van der Waals surface area contributed by atoms with Gasteiger partial charge in [0.05, 0.1) is 6.04 Å². The molecular weight excluding hydrogens is 260 g/mol. The van der Waals surface area contributed by atoms with Crippen LogP contribution in [0, 0.1) is 5.92 Å². The van der Waals surface area contributed by atoms with E-state index in [1.54, 1.807) is 0 Å². The first-order valence-corrected chi connectivity index (χ1v) is 7.26. The number of likely N-dealkylation sites (tertiary alicyclic amines) is 1. The van der Waals surface area contributed by atoms with Gasteiger partial charge >= 0.3 is 6.03 Å². The quantitative estimate of drug-likeness (QED) is 0.896. The van der Waals surface area contributed by atoms with Crippen LogP contribution in [-0.2, 0) is 0 Å². The maximum atomic E-state index is 12.2. The molecule has 1 aromatic carbocycles. The fourth-order valence-corrected chi connectivity index (χ4v) is 2.73. The largest absolute Gasteiger partial charge is 0.338 e. The molecule has 1 N–H and O–H groups in total. The topological polar surface area (TPSA) is 32.3 Å². The molecule has 0 spiro atoms. The minimum atomic E-state index is 0.0242. The van der Waals surface area contributed by atoms with E-state index in [0.717, 1.165) is 30.0 Å². The highest BCUT2D eigenvalue weighted by molar-refractivity contribution is 6.31. The molecule has 0 saturated carbocycles. The van der Waals surface area contributed by atoms with E-state index in [4.69, 9.17) is 11.6 Å². The molecule has 0 radical (unpaired) electrons. The van der Waals surface area contributed by atoms with Crippen molar-refractivity contribution in [1.82, 2.24) is 10.2 Å². The molecule has 19 heavy (non-hydrogen) atoms. The lowest BCUT2D eigenvalue weighted by Gasteiger charge is -2.26. The second-order valence-corrected chi connectivity index (χ2v) is 5.86. The van der Waals surface area contributed by atoms with Crippen LogP contribution in [0.4, 0.5) is 4.79 Å². The number of nitrogens with zero attached hydrogens (tertiary/aromatic N) is 1. The van der Waals surface area contributed by atoms with Gasteiger partial charge in [-0.3, -0.25) is 0 Å². The SMILES string of the molecule is CC(C)CNC(=O)N1CCC[C@@H]1c1ccccc1Cl. The van der Waals surface area contributed by atoms with Gasteiger partial charge in [-0.2, -0.15) is 0 Å². The number of rotatable bonds is 3. The van der Waals surface area contributed by atoms with Gasteiger partial charge in [0.15, 0.2) is 0 Å². The van der Waals surface area contributed by atoms with Crippen molar-refractivity contribution >= 4 is 17.6 Å². The average Bonchev–Trinajstić information content (AvgIpc) is 2.85. The number of nitrogens with one attached hydrogen (secondary N) is 1. The van der Waals surface area contributed by atoms with E-state index in [1.165, 1.54) is 0 Å². The van der Waals surface area contributed by atoms with Gasteiger partial charge in [0, 0.05) is 18.1 Å². The van der Waals surface area contributed by atoms with Crippen molar-refractivity contribution in [2.24, 2.45) is 5.92 Å². The first-order valence-electron chi connectivity index (χ1n) is 6.88. The van der Waals surface area contributed by atoms with Crippen LogP contribution in [0.1, 0.15) is 38.3 Å². The summed E-state index contributed by atoms with van der Waals surface area (Å²) in [5.74, 6) is 0.463. The lowest BCUT2D eigenvalue weighted by atomic mass is 10.0. The van der Waals surface area contributed by atoms with Crippen molar-refractivity contribution in [3.63, 3.8) is 0 Å². The summed E-state index contributed by atoms with van der Waals surface area (Å²) in [6.45, 7) is 5.70. The lowest BCUT2D eigenvalue weighted by Crippen LogP contribution is -2.40. The Balaban J connectivity index is 2.09. The first kappa shape index (κ1) is 14.2. The van der Waals surface area contributed by atoms with Crippen LogP contribution < -0.4 is 5.32 Å². The molecule has 2 rings (SSSR count). The molecule has 2 amide bonds. The molecule has 0 aliphatic carbocycles. The lowest BCUT2D eigenvalue weighted by molar-refractivity contribution is 0.192. The van der Waals surface area contributed by atoms with Gasteiger partial charge < -0.3 is 10.2 Å². The standard InChI is InChI=1S/C15H21ClN2O/c1-11(2)10-17-15(19)18-9-5-8-14(18)12-6-3-4-7-13(12)16/h3-4,6-7,11,14H,5,8-10H2,1-2H3,(H,17,19)/t14-/m1/s1. The molecule has 1 saturated heterocycles. The summed E-state index contributed by atoms with van der Waals surface area (Å²) in [4.78, 5) is 14.1. The molecule has 1 heterocycles. The fraction of sp³-hybridized carbons (Fsp3) is 0.533. The predicted octanol–water partition coefficient (Wildman–Crippen LogP) is 3.84. The molecule has 1 aromatic rings. The molecule has 1 aliphatic rings. The van der Waals surface area contributed by atoms with Crippen LogP contribution in [0.5, 0.6) is 0 Å².